The maximum atomic E-state index is 13.9. The normalized spacial score (nSPS) is 39.4. The van der Waals surface area contributed by atoms with Crippen molar-refractivity contribution in [1.82, 2.24) is 26.6 Å². The summed E-state index contributed by atoms with van der Waals surface area (Å²) >= 11 is 0. The molecule has 36 heteroatoms. The average Bonchev–Trinajstić information content (AvgIpc) is 0.771. The summed E-state index contributed by atoms with van der Waals surface area (Å²) in [6, 6.07) is -2.53. The lowest BCUT2D eigenvalue weighted by Crippen LogP contribution is -2.72. The highest BCUT2D eigenvalue weighted by molar-refractivity contribution is 5.94. The molecule has 0 saturated carbocycles. The zero-order valence-electron chi connectivity index (χ0n) is 56.0. The van der Waals surface area contributed by atoms with Gasteiger partial charge in [-0.05, 0) is 38.0 Å². The van der Waals surface area contributed by atoms with Gasteiger partial charge in [-0.1, -0.05) is 32.3 Å². The average molecular weight is 1420 g/mol. The van der Waals surface area contributed by atoms with Crippen molar-refractivity contribution < 1.29 is 152 Å². The molecular formula is C63H99N5O31. The van der Waals surface area contributed by atoms with Gasteiger partial charge in [0.2, 0.25) is 23.6 Å². The summed E-state index contributed by atoms with van der Waals surface area (Å²) in [6.45, 7) is 3.43. The number of hydrogen-bond donors (Lipinski definition) is 18. The molecule has 6 fully saturated rings. The summed E-state index contributed by atoms with van der Waals surface area (Å²) in [5, 5.41) is 158. The van der Waals surface area contributed by atoms with Crippen LogP contribution in [0.25, 0.3) is 0 Å². The second-order valence-corrected chi connectivity index (χ2v) is 25.1. The van der Waals surface area contributed by atoms with Crippen molar-refractivity contribution in [3.05, 3.63) is 29.8 Å². The monoisotopic (exact) mass is 1420 g/mol. The van der Waals surface area contributed by atoms with Crippen LogP contribution in [-0.4, -0.2) is 327 Å². The van der Waals surface area contributed by atoms with E-state index < -0.39 is 246 Å². The van der Waals surface area contributed by atoms with Crippen LogP contribution in [0.2, 0.25) is 0 Å². The number of hydrogen-bond acceptors (Lipinski definition) is 31. The minimum Gasteiger partial charge on any atom is -0.494 e. The third-order valence-electron chi connectivity index (χ3n) is 17.6. The first-order valence-corrected chi connectivity index (χ1v) is 33.0. The van der Waals surface area contributed by atoms with Crippen LogP contribution in [0.4, 0.5) is 0 Å². The van der Waals surface area contributed by atoms with Gasteiger partial charge in [0.25, 0.3) is 5.91 Å². The van der Waals surface area contributed by atoms with E-state index in [0.717, 1.165) is 59.8 Å². The van der Waals surface area contributed by atoms with E-state index in [1.54, 1.807) is 12.1 Å². The van der Waals surface area contributed by atoms with Crippen LogP contribution in [-0.2, 0) is 76.0 Å². The predicted octanol–water partition coefficient (Wildman–Crippen LogP) is -7.27. The number of carbonyl (C=O) groups excluding carboxylic acids is 5. The SMILES string of the molecule is CCCCCCC#CCCCOc1cccc(C(=O)N[C@@H]2C(O[C@H]3C(O)C(NC(C)=O)C(OC4C(CO)O[C@@H](O[C@H]5C(O)C(NC(C)=O)C(OC6C(CO[C@@H]7OC(C)C(O)[C@H](O)[C@H]7OC)O[C@@H](O)[C@@H](NC(C)=O)[C@H]6O)O[C@H]5CO)[C@@H](NC(C)=O)[C@H]4O)O[C@H]3CO)OC(CO)[C@@H](O)[C@@H]2O)c1. The lowest BCUT2D eigenvalue weighted by atomic mass is 9.93. The van der Waals surface area contributed by atoms with Crippen molar-refractivity contribution >= 4 is 29.5 Å². The van der Waals surface area contributed by atoms with Crippen LogP contribution in [0.1, 0.15) is 96.8 Å². The van der Waals surface area contributed by atoms with Gasteiger partial charge in [-0.15, -0.1) is 11.8 Å². The van der Waals surface area contributed by atoms with Crippen LogP contribution in [0.3, 0.4) is 0 Å². The van der Waals surface area contributed by atoms with Gasteiger partial charge in [-0.2, -0.15) is 0 Å². The number of benzene rings is 1. The molecule has 14 unspecified atom stereocenters. The molecule has 5 amide bonds. The molecule has 0 spiro atoms. The Morgan fingerprint density at radius 2 is 0.899 bits per heavy atom. The Bertz CT molecular complexity index is 2790. The highest BCUT2D eigenvalue weighted by Gasteiger charge is 2.58. The van der Waals surface area contributed by atoms with Crippen molar-refractivity contribution in [2.24, 2.45) is 0 Å². The Labute approximate surface area is 571 Å². The first kappa shape index (κ1) is 81.2. The number of rotatable bonds is 30. The maximum Gasteiger partial charge on any atom is 0.251 e. The van der Waals surface area contributed by atoms with Crippen LogP contribution >= 0.6 is 0 Å². The van der Waals surface area contributed by atoms with Gasteiger partial charge in [0.1, 0.15) is 146 Å². The van der Waals surface area contributed by atoms with E-state index in [9.17, 15) is 90.4 Å². The fourth-order valence-electron chi connectivity index (χ4n) is 12.5. The number of nitrogens with one attached hydrogen (secondary N) is 5. The van der Waals surface area contributed by atoms with E-state index in [-0.39, 0.29) is 12.2 Å². The van der Waals surface area contributed by atoms with Gasteiger partial charge in [0, 0.05) is 53.2 Å². The van der Waals surface area contributed by atoms with Gasteiger partial charge in [-0.3, -0.25) is 24.0 Å². The Kier molecular flexibility index (Phi) is 31.5. The van der Waals surface area contributed by atoms with Crippen LogP contribution in [0.15, 0.2) is 24.3 Å². The van der Waals surface area contributed by atoms with Crippen LogP contribution in [0.5, 0.6) is 5.75 Å². The molecule has 30 atom stereocenters. The number of carbonyl (C=O) groups is 5. The number of aliphatic hydroxyl groups is 13. The molecule has 99 heavy (non-hydrogen) atoms. The molecule has 6 aliphatic rings. The number of methoxy groups -OCH3 is 1. The second kappa shape index (κ2) is 38.4. The van der Waals surface area contributed by atoms with E-state index in [2.05, 4.69) is 45.3 Å². The molecule has 7 rings (SSSR count). The Morgan fingerprint density at radius 1 is 0.465 bits per heavy atom. The second-order valence-electron chi connectivity index (χ2n) is 25.1. The largest absolute Gasteiger partial charge is 0.494 e. The summed E-state index contributed by atoms with van der Waals surface area (Å²) < 4.78 is 77.9. The third-order valence-corrected chi connectivity index (χ3v) is 17.6. The Hall–Kier alpha value is -5.07. The predicted molar refractivity (Wildman–Crippen MR) is 332 cm³/mol. The van der Waals surface area contributed by atoms with Gasteiger partial charge in [0.05, 0.1) is 45.7 Å². The van der Waals surface area contributed by atoms with E-state index in [1.807, 2.05) is 0 Å². The van der Waals surface area contributed by atoms with E-state index >= 15 is 0 Å². The van der Waals surface area contributed by atoms with E-state index in [4.69, 9.17) is 61.6 Å². The Balaban J connectivity index is 1.07. The standard InChI is InChI=1S/C63H99N5O31/c1-8-9-10-11-12-13-14-15-16-20-88-33-19-17-18-32(21-33)57(85)68-40-46(79)45(78)34(22-69)92-59(40)96-52-35(23-70)93-60(41(48(52)81)65-29(4)74)97-53-36(24-71)94-61(42(49(53)82)66-30(5)75)98-54-37(25-72)95-62(43(50(54)83)67-31(6)76)99-55-38(91-58(86)39(47(55)80)64-28(3)73)26-89-63-56(87-7)51(84)44(77)27(2)90-63/h17-19,21,27,34-56,58-63,69-72,77-84,86H,8-12,15-16,20,22-26H2,1-7H3,(H,64,73)(H,65,74)(H,66,75)(H,67,76)(H,68,85)/t27?,34?,35-,36?,37-,38?,39-,40-,41?,42-,43?,44?,45+,46+,47+,48?,49+,50?,51-,52+,53?,54+,55?,56+,58+,59?,60?,61-,62?,63+/m0/s1. The van der Waals surface area contributed by atoms with Gasteiger partial charge in [-0.25, -0.2) is 0 Å². The first-order valence-electron chi connectivity index (χ1n) is 33.0. The third kappa shape index (κ3) is 20.9. The van der Waals surface area contributed by atoms with Crippen molar-refractivity contribution in [2.75, 3.05) is 46.8 Å². The Morgan fingerprint density at radius 3 is 1.35 bits per heavy atom. The van der Waals surface area contributed by atoms with Gasteiger partial charge < -0.3 is 155 Å². The van der Waals surface area contributed by atoms with Crippen LogP contribution < -0.4 is 31.3 Å². The van der Waals surface area contributed by atoms with Crippen molar-refractivity contribution in [2.45, 2.75) is 270 Å². The zero-order chi connectivity index (χ0) is 72.5. The summed E-state index contributed by atoms with van der Waals surface area (Å²) in [6.07, 6.45) is -37.0. The molecule has 6 heterocycles. The molecule has 6 saturated heterocycles. The molecule has 18 N–H and O–H groups in total. The molecule has 0 radical (unpaired) electrons. The highest BCUT2D eigenvalue weighted by Crippen LogP contribution is 2.37. The summed E-state index contributed by atoms with van der Waals surface area (Å²) in [5.74, 6) is 2.59. The van der Waals surface area contributed by atoms with Crippen molar-refractivity contribution in [1.29, 1.82) is 0 Å². The summed E-state index contributed by atoms with van der Waals surface area (Å²) in [5.41, 5.74) is 0.0342. The quantitative estimate of drug-likeness (QED) is 0.0251. The number of unbranched alkanes of at least 4 members (excludes halogenated alkanes) is 5. The molecule has 1 aromatic carbocycles. The maximum absolute atomic E-state index is 13.9. The highest BCUT2D eigenvalue weighted by atomic mass is 16.8. The molecule has 0 aromatic heterocycles. The number of ether oxygens (including phenoxy) is 13. The lowest BCUT2D eigenvalue weighted by molar-refractivity contribution is -0.368. The smallest absolute Gasteiger partial charge is 0.251 e. The molecule has 0 aliphatic carbocycles. The van der Waals surface area contributed by atoms with E-state index in [1.165, 1.54) is 26.2 Å². The minimum absolute atomic E-state index is 0.0342. The fraction of sp³-hybridized carbons (Fsp3) is 0.794. The molecule has 0 bridgehead atoms. The fourth-order valence-corrected chi connectivity index (χ4v) is 12.5. The molecular weight excluding hydrogens is 1320 g/mol. The minimum atomic E-state index is -2.07. The number of aliphatic hydroxyl groups excluding tert-OH is 13. The van der Waals surface area contributed by atoms with Crippen molar-refractivity contribution in [3.8, 4) is 17.6 Å². The topological polar surface area (TPSA) is 528 Å². The molecule has 1 aromatic rings. The van der Waals surface area contributed by atoms with Crippen molar-refractivity contribution in [3.63, 3.8) is 0 Å². The van der Waals surface area contributed by atoms with Crippen LogP contribution in [0, 0.1) is 11.8 Å². The molecule has 36 nitrogen and oxygen atoms in total. The van der Waals surface area contributed by atoms with Gasteiger partial charge in [0.15, 0.2) is 37.7 Å². The first-order chi connectivity index (χ1) is 47.2. The molecule has 6 aliphatic heterocycles. The van der Waals surface area contributed by atoms with Gasteiger partial charge >= 0.3 is 0 Å². The zero-order valence-corrected chi connectivity index (χ0v) is 56.0. The summed E-state index contributed by atoms with van der Waals surface area (Å²) in [7, 11) is 1.21. The number of amides is 5. The molecule has 562 valence electrons. The lowest BCUT2D eigenvalue weighted by Gasteiger charge is -2.51. The summed E-state index contributed by atoms with van der Waals surface area (Å²) in [4.78, 5) is 65.1. The van der Waals surface area contributed by atoms with E-state index in [0.29, 0.717) is 18.6 Å².